The number of thiophene rings is 2. The predicted molar refractivity (Wildman–Crippen MR) is 84.7 cm³/mol. The van der Waals surface area contributed by atoms with E-state index >= 15 is 0 Å². The standard InChI is InChI=1S/C12H11Br2NOS2/c1-15(6-8-3-2-4-17-8)7-10(16)9-5-11(13)18-12(9)14/h2-5H,6-7H2,1H3. The van der Waals surface area contributed by atoms with E-state index < -0.39 is 0 Å². The average molecular weight is 409 g/mol. The van der Waals surface area contributed by atoms with Crippen molar-refractivity contribution in [2.45, 2.75) is 6.54 Å². The summed E-state index contributed by atoms with van der Waals surface area (Å²) in [5.74, 6) is 0.142. The number of rotatable bonds is 5. The van der Waals surface area contributed by atoms with Crippen molar-refractivity contribution in [3.05, 3.63) is 41.6 Å². The molecule has 0 radical (unpaired) electrons. The molecule has 2 nitrogen and oxygen atoms in total. The smallest absolute Gasteiger partial charge is 0.178 e. The third-order valence-corrected chi connectivity index (χ3v) is 5.58. The molecule has 0 unspecified atom stereocenters. The molecule has 0 aliphatic rings. The van der Waals surface area contributed by atoms with Crippen LogP contribution in [-0.2, 0) is 6.54 Å². The second-order valence-electron chi connectivity index (χ2n) is 3.91. The number of carbonyl (C=O) groups is 1. The molecule has 18 heavy (non-hydrogen) atoms. The molecule has 0 spiro atoms. The fourth-order valence-electron chi connectivity index (χ4n) is 1.59. The molecule has 2 aromatic rings. The Hall–Kier alpha value is -0.0100. The number of ketones is 1. The second-order valence-corrected chi connectivity index (χ2v) is 8.69. The molecular formula is C12H11Br2NOS2. The van der Waals surface area contributed by atoms with E-state index in [1.54, 1.807) is 11.3 Å². The molecule has 0 saturated heterocycles. The summed E-state index contributed by atoms with van der Waals surface area (Å²) < 4.78 is 1.86. The number of carbonyl (C=O) groups excluding carboxylic acids is 1. The van der Waals surface area contributed by atoms with E-state index in [2.05, 4.69) is 43.3 Å². The van der Waals surface area contributed by atoms with Crippen LogP contribution in [-0.4, -0.2) is 24.3 Å². The fourth-order valence-corrected chi connectivity index (χ4v) is 5.22. The van der Waals surface area contributed by atoms with Gasteiger partial charge in [0.2, 0.25) is 0 Å². The van der Waals surface area contributed by atoms with Gasteiger partial charge in [-0.1, -0.05) is 6.07 Å². The summed E-state index contributed by atoms with van der Waals surface area (Å²) in [6.07, 6.45) is 0. The van der Waals surface area contributed by atoms with E-state index in [1.165, 1.54) is 16.2 Å². The van der Waals surface area contributed by atoms with Crippen molar-refractivity contribution < 1.29 is 4.79 Å². The Balaban J connectivity index is 1.97. The van der Waals surface area contributed by atoms with Gasteiger partial charge in [-0.2, -0.15) is 0 Å². The van der Waals surface area contributed by atoms with E-state index in [0.717, 1.165) is 19.7 Å². The first kappa shape index (κ1) is 14.4. The zero-order chi connectivity index (χ0) is 13.1. The Kier molecular flexibility index (Phi) is 5.14. The highest BCUT2D eigenvalue weighted by Gasteiger charge is 2.15. The molecule has 6 heteroatoms. The molecule has 96 valence electrons. The van der Waals surface area contributed by atoms with Crippen molar-refractivity contribution >= 4 is 60.3 Å². The van der Waals surface area contributed by atoms with Crippen LogP contribution in [0.5, 0.6) is 0 Å². The maximum Gasteiger partial charge on any atom is 0.178 e. The molecule has 0 aliphatic carbocycles. The summed E-state index contributed by atoms with van der Waals surface area (Å²) in [7, 11) is 1.97. The van der Waals surface area contributed by atoms with Crippen LogP contribution in [0.15, 0.2) is 31.2 Å². The third-order valence-electron chi connectivity index (χ3n) is 2.38. The van der Waals surface area contributed by atoms with Crippen molar-refractivity contribution in [1.82, 2.24) is 4.90 Å². The average Bonchev–Trinajstić information content (AvgIpc) is 2.88. The van der Waals surface area contributed by atoms with Gasteiger partial charge in [-0.3, -0.25) is 9.69 Å². The highest BCUT2D eigenvalue weighted by molar-refractivity contribution is 9.12. The maximum atomic E-state index is 12.1. The van der Waals surface area contributed by atoms with E-state index in [4.69, 9.17) is 0 Å². The van der Waals surface area contributed by atoms with Crippen molar-refractivity contribution in [2.24, 2.45) is 0 Å². The summed E-state index contributed by atoms with van der Waals surface area (Å²) in [6.45, 7) is 1.24. The van der Waals surface area contributed by atoms with Gasteiger partial charge in [0.1, 0.15) is 0 Å². The fraction of sp³-hybridized carbons (Fsp3) is 0.250. The van der Waals surface area contributed by atoms with Crippen LogP contribution in [0.4, 0.5) is 0 Å². The normalized spacial score (nSPS) is 11.1. The summed E-state index contributed by atoms with van der Waals surface area (Å²) in [6, 6.07) is 5.99. The largest absolute Gasteiger partial charge is 0.294 e. The molecule has 2 aromatic heterocycles. The first-order valence-electron chi connectivity index (χ1n) is 5.25. The van der Waals surface area contributed by atoms with E-state index in [-0.39, 0.29) is 5.78 Å². The molecule has 0 aromatic carbocycles. The van der Waals surface area contributed by atoms with Gasteiger partial charge >= 0.3 is 0 Å². The van der Waals surface area contributed by atoms with Crippen LogP contribution in [0.2, 0.25) is 0 Å². The van der Waals surface area contributed by atoms with Gasteiger partial charge in [-0.05, 0) is 56.4 Å². The lowest BCUT2D eigenvalue weighted by molar-refractivity contribution is 0.0943. The number of hydrogen-bond donors (Lipinski definition) is 0. The summed E-state index contributed by atoms with van der Waals surface area (Å²) in [5, 5.41) is 2.05. The molecule has 0 aliphatic heterocycles. The molecule has 0 saturated carbocycles. The first-order valence-corrected chi connectivity index (χ1v) is 8.53. The van der Waals surface area contributed by atoms with Crippen LogP contribution >= 0.6 is 54.5 Å². The zero-order valence-electron chi connectivity index (χ0n) is 9.65. The van der Waals surface area contributed by atoms with Crippen molar-refractivity contribution in [2.75, 3.05) is 13.6 Å². The van der Waals surface area contributed by atoms with E-state index in [1.807, 2.05) is 24.1 Å². The van der Waals surface area contributed by atoms with Gasteiger partial charge < -0.3 is 0 Å². The quantitative estimate of drug-likeness (QED) is 0.671. The van der Waals surface area contributed by atoms with Gasteiger partial charge in [-0.25, -0.2) is 0 Å². The van der Waals surface area contributed by atoms with E-state index in [9.17, 15) is 4.79 Å². The first-order chi connectivity index (χ1) is 8.56. The molecule has 2 rings (SSSR count). The number of nitrogens with zero attached hydrogens (tertiary/aromatic N) is 1. The summed E-state index contributed by atoms with van der Waals surface area (Å²) in [5.41, 5.74) is 0.755. The third kappa shape index (κ3) is 3.74. The number of Topliss-reactive ketones (excluding diaryl/α,β-unsaturated/α-hetero) is 1. The van der Waals surface area contributed by atoms with Crippen LogP contribution in [0.3, 0.4) is 0 Å². The van der Waals surface area contributed by atoms with Crippen LogP contribution in [0, 0.1) is 0 Å². The topological polar surface area (TPSA) is 20.3 Å². The molecule has 2 heterocycles. The molecule has 0 N–H and O–H groups in total. The minimum Gasteiger partial charge on any atom is -0.294 e. The van der Waals surface area contributed by atoms with Crippen molar-refractivity contribution in [3.63, 3.8) is 0 Å². The highest BCUT2D eigenvalue weighted by Crippen LogP contribution is 2.32. The monoisotopic (exact) mass is 407 g/mol. The zero-order valence-corrected chi connectivity index (χ0v) is 14.5. The Bertz CT molecular complexity index is 536. The predicted octanol–water partition coefficient (Wildman–Crippen LogP) is 4.65. The van der Waals surface area contributed by atoms with Crippen LogP contribution < -0.4 is 0 Å². The minimum atomic E-state index is 0.142. The van der Waals surface area contributed by atoms with Crippen LogP contribution in [0.1, 0.15) is 15.2 Å². The number of likely N-dealkylation sites (N-methyl/N-ethyl adjacent to an activating group) is 1. The maximum absolute atomic E-state index is 12.1. The van der Waals surface area contributed by atoms with Gasteiger partial charge in [0.05, 0.1) is 14.1 Å². The Morgan fingerprint density at radius 1 is 1.44 bits per heavy atom. The molecule has 0 atom stereocenters. The second kappa shape index (κ2) is 6.43. The van der Waals surface area contributed by atoms with E-state index in [0.29, 0.717) is 6.54 Å². The number of halogens is 2. The van der Waals surface area contributed by atoms with Gasteiger partial charge in [0.15, 0.2) is 5.78 Å². The molecule has 0 fully saturated rings. The van der Waals surface area contributed by atoms with Crippen LogP contribution in [0.25, 0.3) is 0 Å². The van der Waals surface area contributed by atoms with Crippen molar-refractivity contribution in [3.8, 4) is 0 Å². The Labute approximate surface area is 131 Å². The summed E-state index contributed by atoms with van der Waals surface area (Å²) in [4.78, 5) is 15.4. The van der Waals surface area contributed by atoms with Gasteiger partial charge in [0.25, 0.3) is 0 Å². The SMILES string of the molecule is CN(CC(=O)c1cc(Br)sc1Br)Cc1cccs1. The molecule has 0 amide bonds. The Morgan fingerprint density at radius 3 is 2.78 bits per heavy atom. The minimum absolute atomic E-state index is 0.142. The highest BCUT2D eigenvalue weighted by atomic mass is 79.9. The molecule has 0 bridgehead atoms. The summed E-state index contributed by atoms with van der Waals surface area (Å²) >= 11 is 10.0. The lowest BCUT2D eigenvalue weighted by atomic mass is 10.2. The lowest BCUT2D eigenvalue weighted by Gasteiger charge is -2.14. The van der Waals surface area contributed by atoms with Crippen molar-refractivity contribution in [1.29, 1.82) is 0 Å². The number of hydrogen-bond acceptors (Lipinski definition) is 4. The van der Waals surface area contributed by atoms with Gasteiger partial charge in [0, 0.05) is 17.0 Å². The van der Waals surface area contributed by atoms with Gasteiger partial charge in [-0.15, -0.1) is 22.7 Å². The lowest BCUT2D eigenvalue weighted by Crippen LogP contribution is -2.25. The Morgan fingerprint density at radius 2 is 2.22 bits per heavy atom. The molecular weight excluding hydrogens is 398 g/mol.